The average molecular weight is 286 g/mol. The Hall–Kier alpha value is -2.23. The molecular formula is C17H22N2O2. The number of hydrogen-bond acceptors (Lipinski definition) is 2. The van der Waals surface area contributed by atoms with Gasteiger partial charge in [0, 0.05) is 18.4 Å². The number of carbonyl (C=O) groups excluding carboxylic acids is 1. The number of rotatable bonds is 4. The highest BCUT2D eigenvalue weighted by Gasteiger charge is 2.15. The first-order chi connectivity index (χ1) is 9.94. The Bertz CT molecular complexity index is 582. The lowest BCUT2D eigenvalue weighted by Gasteiger charge is -2.19. The van der Waals surface area contributed by atoms with Crippen LogP contribution in [0.15, 0.2) is 42.6 Å². The molecule has 0 unspecified atom stereocenters. The van der Waals surface area contributed by atoms with Crippen LogP contribution >= 0.6 is 0 Å². The van der Waals surface area contributed by atoms with Gasteiger partial charge in [0.1, 0.15) is 5.60 Å². The first-order valence-electron chi connectivity index (χ1n) is 7.13. The molecule has 0 aliphatic rings. The summed E-state index contributed by atoms with van der Waals surface area (Å²) in [4.78, 5) is 14.8. The van der Waals surface area contributed by atoms with Gasteiger partial charge >= 0.3 is 6.09 Å². The Morgan fingerprint density at radius 3 is 2.62 bits per heavy atom. The maximum atomic E-state index is 11.5. The van der Waals surface area contributed by atoms with E-state index >= 15 is 0 Å². The number of alkyl carbamates (subject to hydrolysis) is 1. The van der Waals surface area contributed by atoms with Crippen LogP contribution in [0.4, 0.5) is 4.79 Å². The quantitative estimate of drug-likeness (QED) is 0.899. The van der Waals surface area contributed by atoms with E-state index in [2.05, 4.69) is 28.5 Å². The fourth-order valence-corrected chi connectivity index (χ4v) is 1.99. The van der Waals surface area contributed by atoms with Gasteiger partial charge in [0.25, 0.3) is 0 Å². The van der Waals surface area contributed by atoms with Gasteiger partial charge in [-0.25, -0.2) is 4.79 Å². The van der Waals surface area contributed by atoms with Crippen LogP contribution < -0.4 is 5.32 Å². The van der Waals surface area contributed by atoms with Crippen LogP contribution in [-0.2, 0) is 11.2 Å². The largest absolute Gasteiger partial charge is 0.444 e. The Balaban J connectivity index is 1.83. The molecule has 0 aliphatic carbocycles. The summed E-state index contributed by atoms with van der Waals surface area (Å²) in [6.45, 7) is 6.11. The molecule has 0 radical (unpaired) electrons. The molecule has 0 saturated heterocycles. The molecule has 0 spiro atoms. The van der Waals surface area contributed by atoms with Crippen LogP contribution in [0.25, 0.3) is 11.3 Å². The number of hydrogen-bond donors (Lipinski definition) is 2. The number of benzene rings is 1. The fourth-order valence-electron chi connectivity index (χ4n) is 1.99. The van der Waals surface area contributed by atoms with Gasteiger partial charge in [0.2, 0.25) is 0 Å². The number of nitrogens with one attached hydrogen (secondary N) is 2. The lowest BCUT2D eigenvalue weighted by atomic mass is 10.1. The van der Waals surface area contributed by atoms with Gasteiger partial charge in [-0.2, -0.15) is 0 Å². The van der Waals surface area contributed by atoms with E-state index in [9.17, 15) is 4.79 Å². The van der Waals surface area contributed by atoms with Crippen molar-refractivity contribution in [2.45, 2.75) is 32.8 Å². The van der Waals surface area contributed by atoms with E-state index < -0.39 is 5.60 Å². The van der Waals surface area contributed by atoms with Crippen molar-refractivity contribution in [2.24, 2.45) is 0 Å². The first kappa shape index (κ1) is 15.2. The summed E-state index contributed by atoms with van der Waals surface area (Å²) < 4.78 is 5.19. The van der Waals surface area contributed by atoms with Gasteiger partial charge in [0.15, 0.2) is 0 Å². The molecule has 1 amide bonds. The molecule has 0 atom stereocenters. The van der Waals surface area contributed by atoms with Crippen LogP contribution in [-0.4, -0.2) is 23.2 Å². The van der Waals surface area contributed by atoms with Crippen LogP contribution in [0.3, 0.4) is 0 Å². The van der Waals surface area contributed by atoms with Gasteiger partial charge in [0.05, 0.1) is 0 Å². The standard InChI is InChI=1S/C17H22N2O2/c1-17(2,3)21-16(20)18-10-9-13-11-15(19-12-13)14-7-5-4-6-8-14/h4-8,11-12,19H,9-10H2,1-3H3,(H,18,20). The monoisotopic (exact) mass is 286 g/mol. The third-order valence-electron chi connectivity index (χ3n) is 2.91. The first-order valence-corrected chi connectivity index (χ1v) is 7.13. The molecule has 2 aromatic rings. The summed E-state index contributed by atoms with van der Waals surface area (Å²) in [5, 5.41) is 2.76. The van der Waals surface area contributed by atoms with E-state index in [1.165, 1.54) is 0 Å². The number of aromatic nitrogens is 1. The lowest BCUT2D eigenvalue weighted by Crippen LogP contribution is -2.33. The second-order valence-electron chi connectivity index (χ2n) is 5.97. The van der Waals surface area contributed by atoms with Crippen LogP contribution in [0, 0.1) is 0 Å². The van der Waals surface area contributed by atoms with Crippen LogP contribution in [0.5, 0.6) is 0 Å². The topological polar surface area (TPSA) is 54.1 Å². The normalized spacial score (nSPS) is 11.2. The predicted molar refractivity (Wildman–Crippen MR) is 84.2 cm³/mol. The number of amides is 1. The second-order valence-corrected chi connectivity index (χ2v) is 5.97. The van der Waals surface area contributed by atoms with E-state index in [0.29, 0.717) is 6.54 Å². The van der Waals surface area contributed by atoms with Crippen molar-refractivity contribution in [3.63, 3.8) is 0 Å². The molecule has 2 N–H and O–H groups in total. The second kappa shape index (κ2) is 6.48. The zero-order valence-electron chi connectivity index (χ0n) is 12.8. The zero-order valence-corrected chi connectivity index (χ0v) is 12.8. The van der Waals surface area contributed by atoms with Crippen molar-refractivity contribution in [2.75, 3.05) is 6.54 Å². The van der Waals surface area contributed by atoms with Crippen molar-refractivity contribution in [3.05, 3.63) is 48.2 Å². The maximum absolute atomic E-state index is 11.5. The molecular weight excluding hydrogens is 264 g/mol. The molecule has 1 heterocycles. The van der Waals surface area contributed by atoms with Crippen molar-refractivity contribution in [3.8, 4) is 11.3 Å². The Labute approximate surface area is 125 Å². The smallest absolute Gasteiger partial charge is 0.407 e. The van der Waals surface area contributed by atoms with Gasteiger partial charge < -0.3 is 15.0 Å². The highest BCUT2D eigenvalue weighted by Crippen LogP contribution is 2.18. The summed E-state index contributed by atoms with van der Waals surface area (Å²) in [6.07, 6.45) is 2.36. The summed E-state index contributed by atoms with van der Waals surface area (Å²) in [6, 6.07) is 12.3. The molecule has 0 aliphatic heterocycles. The van der Waals surface area contributed by atoms with E-state index in [1.807, 2.05) is 45.2 Å². The number of aromatic amines is 1. The van der Waals surface area contributed by atoms with Gasteiger partial charge in [-0.15, -0.1) is 0 Å². The van der Waals surface area contributed by atoms with Crippen LogP contribution in [0.1, 0.15) is 26.3 Å². The third-order valence-corrected chi connectivity index (χ3v) is 2.91. The summed E-state index contributed by atoms with van der Waals surface area (Å²) in [5.41, 5.74) is 2.94. The zero-order chi connectivity index (χ0) is 15.3. The molecule has 21 heavy (non-hydrogen) atoms. The summed E-state index contributed by atoms with van der Waals surface area (Å²) in [5.74, 6) is 0. The minimum atomic E-state index is -0.460. The molecule has 4 heteroatoms. The number of carbonyl (C=O) groups is 1. The Morgan fingerprint density at radius 2 is 1.95 bits per heavy atom. The fraction of sp³-hybridized carbons (Fsp3) is 0.353. The highest BCUT2D eigenvalue weighted by atomic mass is 16.6. The van der Waals surface area contributed by atoms with Gasteiger partial charge in [-0.3, -0.25) is 0 Å². The molecule has 0 bridgehead atoms. The SMILES string of the molecule is CC(C)(C)OC(=O)NCCc1c[nH]c(-c2ccccc2)c1. The maximum Gasteiger partial charge on any atom is 0.407 e. The predicted octanol–water partition coefficient (Wildman–Crippen LogP) is 3.75. The molecule has 1 aromatic heterocycles. The molecule has 112 valence electrons. The van der Waals surface area contributed by atoms with Crippen molar-refractivity contribution in [1.82, 2.24) is 10.3 Å². The highest BCUT2D eigenvalue weighted by molar-refractivity contribution is 5.67. The minimum absolute atomic E-state index is 0.374. The van der Waals surface area contributed by atoms with E-state index in [4.69, 9.17) is 4.74 Å². The minimum Gasteiger partial charge on any atom is -0.444 e. The van der Waals surface area contributed by atoms with Gasteiger partial charge in [-0.1, -0.05) is 30.3 Å². The molecule has 4 nitrogen and oxygen atoms in total. The summed E-state index contributed by atoms with van der Waals surface area (Å²) >= 11 is 0. The Morgan fingerprint density at radius 1 is 1.24 bits per heavy atom. The number of ether oxygens (including phenoxy) is 1. The summed E-state index contributed by atoms with van der Waals surface area (Å²) in [7, 11) is 0. The van der Waals surface area contributed by atoms with Crippen molar-refractivity contribution in [1.29, 1.82) is 0 Å². The van der Waals surface area contributed by atoms with E-state index in [1.54, 1.807) is 0 Å². The van der Waals surface area contributed by atoms with Crippen LogP contribution in [0.2, 0.25) is 0 Å². The van der Waals surface area contributed by atoms with Crippen molar-refractivity contribution < 1.29 is 9.53 Å². The molecule has 2 rings (SSSR count). The molecule has 0 fully saturated rings. The average Bonchev–Trinajstić information content (AvgIpc) is 2.86. The Kier molecular flexibility index (Phi) is 4.68. The van der Waals surface area contributed by atoms with E-state index in [-0.39, 0.29) is 6.09 Å². The van der Waals surface area contributed by atoms with Crippen molar-refractivity contribution >= 4 is 6.09 Å². The number of H-pyrrole nitrogens is 1. The molecule has 0 saturated carbocycles. The third kappa shape index (κ3) is 4.99. The van der Waals surface area contributed by atoms with E-state index in [0.717, 1.165) is 23.2 Å². The lowest BCUT2D eigenvalue weighted by molar-refractivity contribution is 0.0528. The molecule has 1 aromatic carbocycles. The van der Waals surface area contributed by atoms with Gasteiger partial charge in [-0.05, 0) is 44.4 Å².